The largest absolute Gasteiger partial charge is 0.497 e. The molecule has 3 aromatic rings. The normalized spacial score (nSPS) is 15.1. The van der Waals surface area contributed by atoms with Gasteiger partial charge >= 0.3 is 0 Å². The number of hydrogen-bond donors (Lipinski definition) is 1. The molecule has 162 valence electrons. The number of carbonyl (C=O) groups is 1. The van der Waals surface area contributed by atoms with Crippen molar-refractivity contribution in [1.82, 2.24) is 15.2 Å². The molecule has 0 unspecified atom stereocenters. The lowest BCUT2D eigenvalue weighted by molar-refractivity contribution is 0.0930. The molecule has 1 amide bonds. The van der Waals surface area contributed by atoms with Crippen molar-refractivity contribution in [1.29, 1.82) is 5.26 Å². The van der Waals surface area contributed by atoms with Crippen LogP contribution < -0.4 is 10.1 Å². The van der Waals surface area contributed by atoms with Gasteiger partial charge in [-0.3, -0.25) is 9.78 Å². The van der Waals surface area contributed by atoms with Gasteiger partial charge < -0.3 is 15.0 Å². The fraction of sp³-hybridized carbons (Fsp3) is 0.269. The minimum atomic E-state index is -0.458. The average Bonchev–Trinajstić information content (AvgIpc) is 3.57. The van der Waals surface area contributed by atoms with E-state index in [2.05, 4.69) is 40.6 Å². The number of pyridine rings is 1. The predicted molar refractivity (Wildman–Crippen MR) is 124 cm³/mol. The van der Waals surface area contributed by atoms with Gasteiger partial charge in [-0.25, -0.2) is 0 Å². The van der Waals surface area contributed by atoms with Crippen LogP contribution in [0.3, 0.4) is 0 Å². The van der Waals surface area contributed by atoms with Gasteiger partial charge in [0.05, 0.1) is 29.8 Å². The molecule has 6 nitrogen and oxygen atoms in total. The van der Waals surface area contributed by atoms with Gasteiger partial charge in [0.25, 0.3) is 5.91 Å². The van der Waals surface area contributed by atoms with E-state index >= 15 is 0 Å². The number of nitriles is 1. The molecule has 0 bridgehead atoms. The molecule has 5 rings (SSSR count). The number of benzene rings is 2. The summed E-state index contributed by atoms with van der Waals surface area (Å²) in [5.41, 5.74) is 3.30. The standard InChI is InChI=1S/C22H19N3O2.C4H7N/c1-14-5-6-16(27-2)12-18(14)21(26)25-22(7-8-22)19-10-15(13-23)11-20-17(19)4-3-9-24-20;1-5-3-2-4-5/h3-6,9-12H,7-8H2,1-2H3,(H,25,26);2-3H,4H2,1H3. The van der Waals surface area contributed by atoms with Gasteiger partial charge in [0, 0.05) is 30.7 Å². The molecule has 1 aliphatic carbocycles. The molecule has 1 aliphatic heterocycles. The highest BCUT2D eigenvalue weighted by atomic mass is 16.5. The molecule has 2 aliphatic rings. The summed E-state index contributed by atoms with van der Waals surface area (Å²) >= 11 is 0. The maximum atomic E-state index is 13.0. The number of carbonyl (C=O) groups excluding carboxylic acids is 1. The van der Waals surface area contributed by atoms with Crippen LogP contribution in [-0.2, 0) is 5.54 Å². The monoisotopic (exact) mass is 426 g/mol. The highest BCUT2D eigenvalue weighted by molar-refractivity contribution is 5.97. The molecule has 1 aromatic heterocycles. The highest BCUT2D eigenvalue weighted by Gasteiger charge is 2.47. The van der Waals surface area contributed by atoms with Crippen LogP contribution in [0.1, 0.15) is 39.9 Å². The Bertz CT molecular complexity index is 1240. The van der Waals surface area contributed by atoms with Crippen LogP contribution in [-0.4, -0.2) is 36.5 Å². The van der Waals surface area contributed by atoms with Gasteiger partial charge in [0.15, 0.2) is 0 Å². The molecule has 1 N–H and O–H groups in total. The molecule has 2 aromatic carbocycles. The summed E-state index contributed by atoms with van der Waals surface area (Å²) in [5, 5.41) is 13.6. The lowest BCUT2D eigenvalue weighted by Crippen LogP contribution is -2.35. The van der Waals surface area contributed by atoms with Crippen molar-refractivity contribution in [2.45, 2.75) is 25.3 Å². The number of nitrogens with one attached hydrogen (secondary N) is 1. The van der Waals surface area contributed by atoms with Crippen molar-refractivity contribution >= 4 is 16.8 Å². The number of amides is 1. The van der Waals surface area contributed by atoms with Gasteiger partial charge in [-0.15, -0.1) is 0 Å². The molecule has 32 heavy (non-hydrogen) atoms. The number of aromatic nitrogens is 1. The second kappa shape index (κ2) is 8.72. The van der Waals surface area contributed by atoms with Crippen LogP contribution in [0.15, 0.2) is 60.9 Å². The molecule has 0 radical (unpaired) electrons. The van der Waals surface area contributed by atoms with E-state index < -0.39 is 5.54 Å². The summed E-state index contributed by atoms with van der Waals surface area (Å²) in [5.74, 6) is 0.514. The van der Waals surface area contributed by atoms with Crippen LogP contribution in [0.5, 0.6) is 5.75 Å². The Kier molecular flexibility index (Phi) is 5.83. The first-order valence-corrected chi connectivity index (χ1v) is 10.6. The van der Waals surface area contributed by atoms with Crippen LogP contribution in [0.25, 0.3) is 10.9 Å². The van der Waals surface area contributed by atoms with E-state index in [1.807, 2.05) is 37.3 Å². The van der Waals surface area contributed by atoms with E-state index in [0.29, 0.717) is 16.9 Å². The lowest BCUT2D eigenvalue weighted by Gasteiger charge is -2.21. The summed E-state index contributed by atoms with van der Waals surface area (Å²) in [6.07, 6.45) is 7.56. The second-order valence-electron chi connectivity index (χ2n) is 8.25. The molecule has 0 atom stereocenters. The summed E-state index contributed by atoms with van der Waals surface area (Å²) < 4.78 is 5.25. The Morgan fingerprint density at radius 1 is 1.25 bits per heavy atom. The second-order valence-corrected chi connectivity index (χ2v) is 8.25. The number of fused-ring (bicyclic) bond motifs is 1. The summed E-state index contributed by atoms with van der Waals surface area (Å²) in [6, 6.07) is 15.2. The van der Waals surface area contributed by atoms with Crippen molar-refractivity contribution in [2.24, 2.45) is 0 Å². The zero-order valence-corrected chi connectivity index (χ0v) is 18.6. The number of methoxy groups -OCH3 is 1. The maximum Gasteiger partial charge on any atom is 0.252 e. The van der Waals surface area contributed by atoms with Gasteiger partial charge in [0.1, 0.15) is 5.75 Å². The van der Waals surface area contributed by atoms with Gasteiger partial charge in [-0.1, -0.05) is 12.1 Å². The number of hydrogen-bond acceptors (Lipinski definition) is 5. The first kappa shape index (κ1) is 21.4. The Balaban J connectivity index is 0.000000433. The van der Waals surface area contributed by atoms with Gasteiger partial charge in [-0.05, 0) is 73.5 Å². The van der Waals surface area contributed by atoms with Crippen LogP contribution in [0, 0.1) is 18.3 Å². The molecule has 1 fully saturated rings. The molecule has 6 heteroatoms. The van der Waals surface area contributed by atoms with Crippen LogP contribution in [0.2, 0.25) is 0 Å². The van der Waals surface area contributed by atoms with E-state index in [1.165, 1.54) is 0 Å². The maximum absolute atomic E-state index is 13.0. The van der Waals surface area contributed by atoms with E-state index in [-0.39, 0.29) is 5.91 Å². The number of likely N-dealkylation sites (N-methyl/N-ethyl adjacent to an activating group) is 1. The van der Waals surface area contributed by atoms with Crippen LogP contribution in [0.4, 0.5) is 0 Å². The Morgan fingerprint density at radius 2 is 2.00 bits per heavy atom. The quantitative estimate of drug-likeness (QED) is 0.673. The first-order valence-electron chi connectivity index (χ1n) is 10.6. The van der Waals surface area contributed by atoms with E-state index in [4.69, 9.17) is 4.74 Å². The molecular weight excluding hydrogens is 400 g/mol. The van der Waals surface area contributed by atoms with Gasteiger partial charge in [0.2, 0.25) is 0 Å². The first-order chi connectivity index (χ1) is 15.5. The average molecular weight is 427 g/mol. The summed E-state index contributed by atoms with van der Waals surface area (Å²) in [4.78, 5) is 19.5. The molecule has 0 saturated heterocycles. The topological polar surface area (TPSA) is 78.2 Å². The zero-order valence-electron chi connectivity index (χ0n) is 18.6. The Hall–Kier alpha value is -3.85. The lowest BCUT2D eigenvalue weighted by atomic mass is 9.96. The summed E-state index contributed by atoms with van der Waals surface area (Å²) in [7, 11) is 3.64. The van der Waals surface area contributed by atoms with Crippen molar-refractivity contribution in [3.8, 4) is 11.8 Å². The third-order valence-electron chi connectivity index (χ3n) is 5.91. The SMILES string of the molecule is CN1C=CC1.COc1ccc(C)c(C(=O)NC2(c3cc(C#N)cc4ncccc34)CC2)c1. The smallest absolute Gasteiger partial charge is 0.252 e. The Morgan fingerprint density at radius 3 is 2.59 bits per heavy atom. The molecule has 2 heterocycles. The van der Waals surface area contributed by atoms with Crippen molar-refractivity contribution in [3.05, 3.63) is 83.2 Å². The molecular formula is C26H26N4O2. The van der Waals surface area contributed by atoms with Gasteiger partial charge in [-0.2, -0.15) is 5.26 Å². The zero-order chi connectivity index (χ0) is 22.7. The molecule has 0 spiro atoms. The van der Waals surface area contributed by atoms with Crippen LogP contribution >= 0.6 is 0 Å². The van der Waals surface area contributed by atoms with Crippen molar-refractivity contribution in [3.63, 3.8) is 0 Å². The summed E-state index contributed by atoms with van der Waals surface area (Å²) in [6.45, 7) is 3.05. The van der Waals surface area contributed by atoms with E-state index in [0.717, 1.165) is 41.4 Å². The number of aryl methyl sites for hydroxylation is 1. The third-order valence-corrected chi connectivity index (χ3v) is 5.91. The highest BCUT2D eigenvalue weighted by Crippen LogP contribution is 2.48. The van der Waals surface area contributed by atoms with E-state index in [9.17, 15) is 10.1 Å². The fourth-order valence-corrected chi connectivity index (χ4v) is 3.80. The number of nitrogens with zero attached hydrogens (tertiary/aromatic N) is 3. The molecule has 1 saturated carbocycles. The van der Waals surface area contributed by atoms with E-state index in [1.54, 1.807) is 25.4 Å². The number of ether oxygens (including phenoxy) is 1. The Labute approximate surface area is 188 Å². The van der Waals surface area contributed by atoms with Crippen molar-refractivity contribution in [2.75, 3.05) is 20.7 Å². The minimum Gasteiger partial charge on any atom is -0.497 e. The predicted octanol–water partition coefficient (Wildman–Crippen LogP) is 4.29. The third kappa shape index (κ3) is 4.28. The minimum absolute atomic E-state index is 0.136. The fourth-order valence-electron chi connectivity index (χ4n) is 3.80. The number of rotatable bonds is 4. The van der Waals surface area contributed by atoms with Crippen molar-refractivity contribution < 1.29 is 9.53 Å².